The molecule has 0 aliphatic heterocycles. The largest absolute Gasteiger partial charge is 0.277 e. The molecule has 2 heterocycles. The maximum Gasteiger partial charge on any atom is 0.140 e. The van der Waals surface area contributed by atoms with Crippen molar-refractivity contribution in [2.24, 2.45) is 5.92 Å². The summed E-state index contributed by atoms with van der Waals surface area (Å²) in [5, 5.41) is 8.78. The van der Waals surface area contributed by atoms with Crippen molar-refractivity contribution in [2.75, 3.05) is 0 Å². The van der Waals surface area contributed by atoms with Crippen LogP contribution in [0.25, 0.3) is 22.2 Å². The molecular formula is C16H16ClN3. The average Bonchev–Trinajstić information content (AvgIpc) is 2.83. The Balaban J connectivity index is 2.11. The zero-order chi connectivity index (χ0) is 14.1. The molecule has 0 fully saturated rings. The van der Waals surface area contributed by atoms with Crippen LogP contribution >= 0.6 is 11.6 Å². The molecule has 0 spiro atoms. The van der Waals surface area contributed by atoms with Crippen molar-refractivity contribution in [3.63, 3.8) is 0 Å². The number of nitrogens with zero attached hydrogens (tertiary/aromatic N) is 2. The minimum absolute atomic E-state index is 0.487. The summed E-state index contributed by atoms with van der Waals surface area (Å²) < 4.78 is 0. The van der Waals surface area contributed by atoms with E-state index < -0.39 is 0 Å². The maximum absolute atomic E-state index is 6.21. The molecule has 3 aromatic rings. The first-order valence-corrected chi connectivity index (χ1v) is 7.11. The lowest BCUT2D eigenvalue weighted by atomic mass is 9.99. The van der Waals surface area contributed by atoms with Crippen molar-refractivity contribution in [2.45, 2.75) is 20.3 Å². The molecule has 0 unspecified atom stereocenters. The molecule has 102 valence electrons. The molecule has 1 aromatic carbocycles. The Morgan fingerprint density at radius 2 is 2.10 bits per heavy atom. The van der Waals surface area contributed by atoms with Gasteiger partial charge in [-0.05, 0) is 30.0 Å². The number of aromatic nitrogens is 3. The second-order valence-corrected chi connectivity index (χ2v) is 5.75. The fraction of sp³-hybridized carbons (Fsp3) is 0.250. The van der Waals surface area contributed by atoms with Gasteiger partial charge in [-0.3, -0.25) is 5.10 Å². The molecule has 3 rings (SSSR count). The fourth-order valence-corrected chi connectivity index (χ4v) is 2.70. The summed E-state index contributed by atoms with van der Waals surface area (Å²) in [6.45, 7) is 4.44. The Morgan fingerprint density at radius 3 is 2.90 bits per heavy atom. The van der Waals surface area contributed by atoms with Crippen molar-refractivity contribution in [1.29, 1.82) is 0 Å². The quantitative estimate of drug-likeness (QED) is 0.721. The lowest BCUT2D eigenvalue weighted by molar-refractivity contribution is 0.647. The van der Waals surface area contributed by atoms with E-state index in [0.717, 1.165) is 28.6 Å². The number of H-pyrrole nitrogens is 1. The summed E-state index contributed by atoms with van der Waals surface area (Å²) in [4.78, 5) is 4.14. The number of rotatable bonds is 3. The van der Waals surface area contributed by atoms with Gasteiger partial charge in [0.1, 0.15) is 10.8 Å². The number of hydrogen-bond donors (Lipinski definition) is 1. The standard InChI is InChI=1S/C16H16ClN3/c1-10(2)8-11-4-3-5-12(9-11)15-14-13(19-20-15)6-7-18-16(14)17/h3-7,9-10H,8H2,1-2H3,(H,19,20). The SMILES string of the molecule is CC(C)Cc1cccc(-c2n[nH]c3ccnc(Cl)c23)c1. The lowest BCUT2D eigenvalue weighted by Crippen LogP contribution is -1.94. The van der Waals surface area contributed by atoms with Gasteiger partial charge in [-0.25, -0.2) is 4.98 Å². The van der Waals surface area contributed by atoms with Gasteiger partial charge in [-0.15, -0.1) is 0 Å². The van der Waals surface area contributed by atoms with Crippen LogP contribution in [0, 0.1) is 5.92 Å². The van der Waals surface area contributed by atoms with Gasteiger partial charge in [-0.2, -0.15) is 5.10 Å². The second kappa shape index (κ2) is 5.25. The van der Waals surface area contributed by atoms with E-state index in [1.165, 1.54) is 5.56 Å². The normalized spacial score (nSPS) is 11.4. The van der Waals surface area contributed by atoms with Gasteiger partial charge in [0.25, 0.3) is 0 Å². The van der Waals surface area contributed by atoms with Gasteiger partial charge in [0.15, 0.2) is 0 Å². The van der Waals surface area contributed by atoms with Crippen LogP contribution in [-0.2, 0) is 6.42 Å². The Bertz CT molecular complexity index is 746. The van der Waals surface area contributed by atoms with Crippen molar-refractivity contribution in [3.05, 3.63) is 47.2 Å². The van der Waals surface area contributed by atoms with Crippen molar-refractivity contribution in [1.82, 2.24) is 15.2 Å². The van der Waals surface area contributed by atoms with Crippen LogP contribution < -0.4 is 0 Å². The fourth-order valence-electron chi connectivity index (χ4n) is 2.45. The van der Waals surface area contributed by atoms with Gasteiger partial charge in [0.05, 0.1) is 10.9 Å². The predicted molar refractivity (Wildman–Crippen MR) is 82.9 cm³/mol. The number of halogens is 1. The van der Waals surface area contributed by atoms with Gasteiger partial charge in [0.2, 0.25) is 0 Å². The number of fused-ring (bicyclic) bond motifs is 1. The van der Waals surface area contributed by atoms with Crippen LogP contribution in [0.3, 0.4) is 0 Å². The molecule has 0 aliphatic carbocycles. The highest BCUT2D eigenvalue weighted by Crippen LogP contribution is 2.31. The van der Waals surface area contributed by atoms with Crippen LogP contribution in [-0.4, -0.2) is 15.2 Å². The maximum atomic E-state index is 6.21. The molecule has 4 heteroatoms. The third kappa shape index (κ3) is 2.41. The molecule has 3 nitrogen and oxygen atoms in total. The number of aromatic amines is 1. The molecule has 1 N–H and O–H groups in total. The monoisotopic (exact) mass is 285 g/mol. The molecule has 2 aromatic heterocycles. The minimum atomic E-state index is 0.487. The van der Waals surface area contributed by atoms with Crippen LogP contribution in [0.1, 0.15) is 19.4 Å². The molecule has 0 amide bonds. The molecule has 0 saturated carbocycles. The van der Waals surface area contributed by atoms with E-state index in [-0.39, 0.29) is 0 Å². The Morgan fingerprint density at radius 1 is 1.25 bits per heavy atom. The average molecular weight is 286 g/mol. The van der Waals surface area contributed by atoms with Crippen LogP contribution in [0.2, 0.25) is 5.15 Å². The Labute approximate surface area is 123 Å². The highest BCUT2D eigenvalue weighted by molar-refractivity contribution is 6.35. The molecule has 0 bridgehead atoms. The van der Waals surface area contributed by atoms with Crippen molar-refractivity contribution >= 4 is 22.5 Å². The summed E-state index contributed by atoms with van der Waals surface area (Å²) >= 11 is 6.21. The van der Waals surface area contributed by atoms with Gasteiger partial charge < -0.3 is 0 Å². The smallest absolute Gasteiger partial charge is 0.140 e. The van der Waals surface area contributed by atoms with E-state index in [9.17, 15) is 0 Å². The molecule has 0 radical (unpaired) electrons. The van der Waals surface area contributed by atoms with E-state index in [2.05, 4.69) is 53.3 Å². The number of pyridine rings is 1. The minimum Gasteiger partial charge on any atom is -0.277 e. The van der Waals surface area contributed by atoms with Crippen molar-refractivity contribution < 1.29 is 0 Å². The molecule has 0 atom stereocenters. The second-order valence-electron chi connectivity index (χ2n) is 5.39. The van der Waals surface area contributed by atoms with E-state index in [1.54, 1.807) is 6.20 Å². The zero-order valence-electron chi connectivity index (χ0n) is 11.5. The Kier molecular flexibility index (Phi) is 3.45. The van der Waals surface area contributed by atoms with Crippen LogP contribution in [0.15, 0.2) is 36.5 Å². The van der Waals surface area contributed by atoms with E-state index in [4.69, 9.17) is 11.6 Å². The van der Waals surface area contributed by atoms with E-state index in [1.807, 2.05) is 6.07 Å². The summed E-state index contributed by atoms with van der Waals surface area (Å²) in [6.07, 6.45) is 2.74. The summed E-state index contributed by atoms with van der Waals surface area (Å²) in [5.74, 6) is 0.631. The highest BCUT2D eigenvalue weighted by atomic mass is 35.5. The predicted octanol–water partition coefficient (Wildman–Crippen LogP) is 4.48. The summed E-state index contributed by atoms with van der Waals surface area (Å²) in [7, 11) is 0. The van der Waals surface area contributed by atoms with Gasteiger partial charge in [-0.1, -0.05) is 43.6 Å². The topological polar surface area (TPSA) is 41.6 Å². The van der Waals surface area contributed by atoms with E-state index in [0.29, 0.717) is 11.1 Å². The zero-order valence-corrected chi connectivity index (χ0v) is 12.3. The number of nitrogens with one attached hydrogen (secondary N) is 1. The first kappa shape index (κ1) is 13.1. The molecular weight excluding hydrogens is 270 g/mol. The summed E-state index contributed by atoms with van der Waals surface area (Å²) in [5.41, 5.74) is 4.16. The third-order valence-corrected chi connectivity index (χ3v) is 3.56. The first-order chi connectivity index (χ1) is 9.65. The molecule has 0 saturated heterocycles. The van der Waals surface area contributed by atoms with E-state index >= 15 is 0 Å². The molecule has 0 aliphatic rings. The van der Waals surface area contributed by atoms with Crippen LogP contribution in [0.5, 0.6) is 0 Å². The van der Waals surface area contributed by atoms with Crippen LogP contribution in [0.4, 0.5) is 0 Å². The Hall–Kier alpha value is -1.87. The van der Waals surface area contributed by atoms with Gasteiger partial charge >= 0.3 is 0 Å². The summed E-state index contributed by atoms with van der Waals surface area (Å²) in [6, 6.07) is 10.3. The van der Waals surface area contributed by atoms with Crippen molar-refractivity contribution in [3.8, 4) is 11.3 Å². The highest BCUT2D eigenvalue weighted by Gasteiger charge is 2.12. The number of benzene rings is 1. The first-order valence-electron chi connectivity index (χ1n) is 6.73. The third-order valence-electron chi connectivity index (χ3n) is 3.27. The number of hydrogen-bond acceptors (Lipinski definition) is 2. The lowest BCUT2D eigenvalue weighted by Gasteiger charge is -2.06. The molecule has 20 heavy (non-hydrogen) atoms. The van der Waals surface area contributed by atoms with Gasteiger partial charge in [0, 0.05) is 11.8 Å².